The van der Waals surface area contributed by atoms with Gasteiger partial charge in [-0.25, -0.2) is 0 Å². The Morgan fingerprint density at radius 3 is 1.77 bits per heavy atom. The molecule has 9 aromatic rings. The SMILES string of the molecule is c1ccc2c(-c3c4ccccc4c(-c4c5ccsc5cc5c4oc4ccccc45)c4ccccc34)cccc2c1. The maximum Gasteiger partial charge on any atom is 0.143 e. The minimum absolute atomic E-state index is 0.928. The van der Waals surface area contributed by atoms with E-state index >= 15 is 0 Å². The molecule has 1 nitrogen and oxygen atoms in total. The van der Waals surface area contributed by atoms with E-state index in [0.29, 0.717) is 0 Å². The van der Waals surface area contributed by atoms with Crippen LogP contribution in [0.25, 0.3) is 86.6 Å². The van der Waals surface area contributed by atoms with Crippen molar-refractivity contribution in [3.63, 3.8) is 0 Å². The zero-order chi connectivity index (χ0) is 26.2. The van der Waals surface area contributed by atoms with Crippen LogP contribution in [0, 0.1) is 0 Å². The molecule has 0 amide bonds. The van der Waals surface area contributed by atoms with E-state index in [9.17, 15) is 0 Å². The van der Waals surface area contributed by atoms with Gasteiger partial charge in [0.1, 0.15) is 11.2 Å². The Balaban J connectivity index is 1.52. The normalized spacial score (nSPS) is 12.0. The van der Waals surface area contributed by atoms with Gasteiger partial charge in [0.25, 0.3) is 0 Å². The highest BCUT2D eigenvalue weighted by molar-refractivity contribution is 7.17. The molecule has 0 radical (unpaired) electrons. The summed E-state index contributed by atoms with van der Waals surface area (Å²) >= 11 is 1.79. The molecule has 0 unspecified atom stereocenters. The van der Waals surface area contributed by atoms with E-state index in [1.165, 1.54) is 70.0 Å². The number of thiophene rings is 1. The molecule has 2 heterocycles. The number of hydrogen-bond donors (Lipinski definition) is 0. The molecule has 0 aliphatic rings. The van der Waals surface area contributed by atoms with Gasteiger partial charge >= 0.3 is 0 Å². The number of para-hydroxylation sites is 1. The summed E-state index contributed by atoms with van der Waals surface area (Å²) in [6, 6.07) is 46.1. The topological polar surface area (TPSA) is 13.1 Å². The summed E-state index contributed by atoms with van der Waals surface area (Å²) in [6.45, 7) is 0. The van der Waals surface area contributed by atoms with Gasteiger partial charge in [-0.1, -0.05) is 109 Å². The van der Waals surface area contributed by atoms with Crippen LogP contribution in [0.15, 0.2) is 137 Å². The zero-order valence-electron chi connectivity index (χ0n) is 21.5. The maximum atomic E-state index is 6.69. The van der Waals surface area contributed by atoms with Gasteiger partial charge in [-0.05, 0) is 67.0 Å². The summed E-state index contributed by atoms with van der Waals surface area (Å²) in [5, 5.41) is 13.3. The second-order valence-corrected chi connectivity index (χ2v) is 11.4. The first-order valence-corrected chi connectivity index (χ1v) is 14.5. The third-order valence-corrected chi connectivity index (χ3v) is 9.21. The first kappa shape index (κ1) is 22.0. The molecule has 0 aliphatic heterocycles. The van der Waals surface area contributed by atoms with Gasteiger partial charge < -0.3 is 4.42 Å². The quantitative estimate of drug-likeness (QED) is 0.204. The van der Waals surface area contributed by atoms with Crippen molar-refractivity contribution in [2.75, 3.05) is 0 Å². The molecule has 40 heavy (non-hydrogen) atoms. The van der Waals surface area contributed by atoms with E-state index < -0.39 is 0 Å². The lowest BCUT2D eigenvalue weighted by Crippen LogP contribution is -1.92. The predicted molar refractivity (Wildman–Crippen MR) is 172 cm³/mol. The van der Waals surface area contributed by atoms with Crippen LogP contribution in [0.2, 0.25) is 0 Å². The molecule has 2 aromatic heterocycles. The third kappa shape index (κ3) is 2.97. The number of rotatable bonds is 2. The van der Waals surface area contributed by atoms with Crippen molar-refractivity contribution in [2.45, 2.75) is 0 Å². The van der Waals surface area contributed by atoms with Crippen molar-refractivity contribution in [1.82, 2.24) is 0 Å². The van der Waals surface area contributed by atoms with Crippen LogP contribution in [0.1, 0.15) is 0 Å². The molecule has 0 spiro atoms. The van der Waals surface area contributed by atoms with E-state index in [1.807, 2.05) is 0 Å². The Labute approximate surface area is 234 Å². The molecule has 7 aromatic carbocycles. The highest BCUT2D eigenvalue weighted by atomic mass is 32.1. The minimum atomic E-state index is 0.928. The van der Waals surface area contributed by atoms with E-state index in [4.69, 9.17) is 4.42 Å². The molecule has 0 aliphatic carbocycles. The number of hydrogen-bond acceptors (Lipinski definition) is 2. The fourth-order valence-corrected chi connectivity index (χ4v) is 7.50. The number of furan rings is 1. The summed E-state index contributed by atoms with van der Waals surface area (Å²) in [4.78, 5) is 0. The highest BCUT2D eigenvalue weighted by Gasteiger charge is 2.23. The van der Waals surface area contributed by atoms with Crippen molar-refractivity contribution in [3.05, 3.63) is 133 Å². The maximum absolute atomic E-state index is 6.69. The van der Waals surface area contributed by atoms with Gasteiger partial charge in [0.15, 0.2) is 0 Å². The number of benzene rings is 7. The molecule has 0 saturated heterocycles. The predicted octanol–water partition coefficient (Wildman–Crippen LogP) is 11.6. The van der Waals surface area contributed by atoms with Gasteiger partial charge in [-0.3, -0.25) is 0 Å². The van der Waals surface area contributed by atoms with Gasteiger partial charge in [0.05, 0.1) is 0 Å². The smallest absolute Gasteiger partial charge is 0.143 e. The van der Waals surface area contributed by atoms with Gasteiger partial charge in [-0.15, -0.1) is 11.3 Å². The fraction of sp³-hybridized carbons (Fsp3) is 0. The number of fused-ring (bicyclic) bond motifs is 7. The summed E-state index contributed by atoms with van der Waals surface area (Å²) in [6.07, 6.45) is 0. The van der Waals surface area contributed by atoms with E-state index in [1.54, 1.807) is 11.3 Å². The van der Waals surface area contributed by atoms with Gasteiger partial charge in [0, 0.05) is 32.0 Å². The summed E-state index contributed by atoms with van der Waals surface area (Å²) < 4.78 is 7.97. The average Bonchev–Trinajstić information content (AvgIpc) is 3.63. The lowest BCUT2D eigenvalue weighted by atomic mass is 9.84. The first-order chi connectivity index (χ1) is 19.9. The molecular formula is C38H22OS. The fourth-order valence-electron chi connectivity index (χ4n) is 6.67. The Kier molecular flexibility index (Phi) is 4.55. The lowest BCUT2D eigenvalue weighted by molar-refractivity contribution is 0.670. The molecule has 0 N–H and O–H groups in total. The Morgan fingerprint density at radius 2 is 1.02 bits per heavy atom. The van der Waals surface area contributed by atoms with E-state index in [2.05, 4.69) is 133 Å². The van der Waals surface area contributed by atoms with Gasteiger partial charge in [0.2, 0.25) is 0 Å². The van der Waals surface area contributed by atoms with Crippen LogP contribution in [-0.4, -0.2) is 0 Å². The van der Waals surface area contributed by atoms with Crippen molar-refractivity contribution in [3.8, 4) is 22.3 Å². The molecule has 0 bridgehead atoms. The highest BCUT2D eigenvalue weighted by Crippen LogP contribution is 2.50. The molecule has 2 heteroatoms. The van der Waals surface area contributed by atoms with Crippen molar-refractivity contribution >= 4 is 75.7 Å². The molecule has 0 atom stereocenters. The second kappa shape index (κ2) is 8.29. The van der Waals surface area contributed by atoms with Crippen LogP contribution >= 0.6 is 11.3 Å². The van der Waals surface area contributed by atoms with E-state index in [0.717, 1.165) is 16.6 Å². The summed E-state index contributed by atoms with van der Waals surface area (Å²) in [5.74, 6) is 0. The lowest BCUT2D eigenvalue weighted by Gasteiger charge is -2.19. The summed E-state index contributed by atoms with van der Waals surface area (Å²) in [7, 11) is 0. The van der Waals surface area contributed by atoms with Crippen LogP contribution in [0.4, 0.5) is 0 Å². The second-order valence-electron chi connectivity index (χ2n) is 10.4. The van der Waals surface area contributed by atoms with Crippen molar-refractivity contribution in [2.24, 2.45) is 0 Å². The Bertz CT molecular complexity index is 2380. The van der Waals surface area contributed by atoms with Crippen molar-refractivity contribution < 1.29 is 4.42 Å². The van der Waals surface area contributed by atoms with Crippen LogP contribution < -0.4 is 0 Å². The molecule has 0 fully saturated rings. The molecule has 0 saturated carbocycles. The minimum Gasteiger partial charge on any atom is -0.455 e. The molecule has 186 valence electrons. The van der Waals surface area contributed by atoms with Gasteiger partial charge in [-0.2, -0.15) is 0 Å². The third-order valence-electron chi connectivity index (χ3n) is 8.34. The van der Waals surface area contributed by atoms with Crippen LogP contribution in [0.3, 0.4) is 0 Å². The summed E-state index contributed by atoms with van der Waals surface area (Å²) in [5.41, 5.74) is 6.85. The van der Waals surface area contributed by atoms with Crippen LogP contribution in [0.5, 0.6) is 0 Å². The first-order valence-electron chi connectivity index (χ1n) is 13.6. The standard InChI is InChI=1S/C38H22OS/c1-2-12-24-23(10-1)11-9-18-26(24)35-27-14-3-5-16-29(27)36(30-17-6-4-15-28(30)35)37-31-20-21-40-34(31)22-32-25-13-7-8-19-33(25)39-38(32)37/h1-22H. The van der Waals surface area contributed by atoms with E-state index in [-0.39, 0.29) is 0 Å². The molecule has 9 rings (SSSR count). The molecular weight excluding hydrogens is 504 g/mol. The zero-order valence-corrected chi connectivity index (χ0v) is 22.3. The largest absolute Gasteiger partial charge is 0.455 e. The van der Waals surface area contributed by atoms with Crippen LogP contribution in [-0.2, 0) is 0 Å². The monoisotopic (exact) mass is 526 g/mol. The Morgan fingerprint density at radius 1 is 0.425 bits per heavy atom. The van der Waals surface area contributed by atoms with Crippen molar-refractivity contribution in [1.29, 1.82) is 0 Å². The average molecular weight is 527 g/mol. The Hall–Kier alpha value is -4.92.